The number of fused-ring (bicyclic) bond motifs is 3. The monoisotopic (exact) mass is 780 g/mol. The minimum absolute atomic E-state index is 0.346. The molecule has 0 saturated carbocycles. The molecular formula is C57H40N4. The first-order valence-electron chi connectivity index (χ1n) is 20.9. The molecular weight excluding hydrogens is 741 g/mol. The maximum absolute atomic E-state index is 5.25. The maximum atomic E-state index is 5.25. The van der Waals surface area contributed by atoms with Gasteiger partial charge in [-0.2, -0.15) is 0 Å². The Morgan fingerprint density at radius 2 is 0.803 bits per heavy atom. The van der Waals surface area contributed by atoms with E-state index in [-0.39, 0.29) is 0 Å². The van der Waals surface area contributed by atoms with E-state index in [0.717, 1.165) is 62.1 Å². The van der Waals surface area contributed by atoms with Gasteiger partial charge in [0.25, 0.3) is 0 Å². The van der Waals surface area contributed by atoms with Crippen molar-refractivity contribution in [3.05, 3.63) is 230 Å². The third kappa shape index (κ3) is 6.84. The average molecular weight is 781 g/mol. The summed E-state index contributed by atoms with van der Waals surface area (Å²) in [5, 5.41) is 2.42. The number of allylic oxidation sites excluding steroid dienone is 4. The van der Waals surface area contributed by atoms with Gasteiger partial charge in [0.15, 0.2) is 17.5 Å². The number of hydrogen-bond acceptors (Lipinski definition) is 3. The Labute approximate surface area is 355 Å². The van der Waals surface area contributed by atoms with Crippen molar-refractivity contribution >= 4 is 21.8 Å². The van der Waals surface area contributed by atoms with Crippen LogP contribution in [-0.4, -0.2) is 19.5 Å². The minimum Gasteiger partial charge on any atom is -0.308 e. The van der Waals surface area contributed by atoms with Crippen LogP contribution in [0.5, 0.6) is 0 Å². The van der Waals surface area contributed by atoms with Crippen LogP contribution < -0.4 is 0 Å². The van der Waals surface area contributed by atoms with Crippen LogP contribution in [0.4, 0.5) is 0 Å². The first-order chi connectivity index (χ1) is 30.2. The first kappa shape index (κ1) is 36.2. The molecule has 0 spiro atoms. The molecule has 0 saturated heterocycles. The van der Waals surface area contributed by atoms with Gasteiger partial charge in [-0.3, -0.25) is 0 Å². The molecule has 2 heterocycles. The van der Waals surface area contributed by atoms with Gasteiger partial charge in [-0.15, -0.1) is 0 Å². The predicted molar refractivity (Wildman–Crippen MR) is 252 cm³/mol. The van der Waals surface area contributed by atoms with E-state index >= 15 is 0 Å². The second-order valence-corrected chi connectivity index (χ2v) is 15.5. The lowest BCUT2D eigenvalue weighted by atomic mass is 9.89. The molecule has 1 unspecified atom stereocenters. The number of rotatable bonds is 8. The lowest BCUT2D eigenvalue weighted by Crippen LogP contribution is -2.04. The number of aromatic nitrogens is 4. The molecule has 0 amide bonds. The Morgan fingerprint density at radius 3 is 1.31 bits per heavy atom. The molecule has 0 radical (unpaired) electrons. The summed E-state index contributed by atoms with van der Waals surface area (Å²) in [7, 11) is 0. The molecule has 0 fully saturated rings. The molecule has 0 aliphatic heterocycles. The van der Waals surface area contributed by atoms with Gasteiger partial charge in [-0.05, 0) is 58.5 Å². The summed E-state index contributed by atoms with van der Waals surface area (Å²) in [6.07, 6.45) is 9.83. The van der Waals surface area contributed by atoms with E-state index in [9.17, 15) is 0 Å². The number of para-hydroxylation sites is 2. The van der Waals surface area contributed by atoms with Crippen LogP contribution in [0.1, 0.15) is 17.9 Å². The van der Waals surface area contributed by atoms with Crippen molar-refractivity contribution in [3.8, 4) is 73.2 Å². The second-order valence-electron chi connectivity index (χ2n) is 15.5. The summed E-state index contributed by atoms with van der Waals surface area (Å²) in [5.74, 6) is 2.22. The van der Waals surface area contributed by atoms with Gasteiger partial charge in [0.05, 0.1) is 16.7 Å². The maximum Gasteiger partial charge on any atom is 0.164 e. The molecule has 10 aromatic rings. The Morgan fingerprint density at radius 1 is 0.377 bits per heavy atom. The summed E-state index contributed by atoms with van der Waals surface area (Å²) in [5.41, 5.74) is 14.2. The smallest absolute Gasteiger partial charge is 0.164 e. The zero-order valence-corrected chi connectivity index (χ0v) is 33.4. The van der Waals surface area contributed by atoms with E-state index < -0.39 is 0 Å². The van der Waals surface area contributed by atoms with Gasteiger partial charge in [0, 0.05) is 44.5 Å². The van der Waals surface area contributed by atoms with Crippen molar-refractivity contribution < 1.29 is 0 Å². The van der Waals surface area contributed by atoms with Gasteiger partial charge >= 0.3 is 0 Å². The normalized spacial score (nSPS) is 13.5. The van der Waals surface area contributed by atoms with Crippen molar-refractivity contribution in [2.75, 3.05) is 0 Å². The van der Waals surface area contributed by atoms with Crippen LogP contribution in [0.25, 0.3) is 95.0 Å². The highest BCUT2D eigenvalue weighted by molar-refractivity contribution is 6.11. The lowest BCUT2D eigenvalue weighted by Gasteiger charge is -2.22. The summed E-state index contributed by atoms with van der Waals surface area (Å²) < 4.78 is 2.46. The average Bonchev–Trinajstić information content (AvgIpc) is 3.68. The van der Waals surface area contributed by atoms with Gasteiger partial charge < -0.3 is 4.57 Å². The molecule has 0 N–H and O–H groups in total. The van der Waals surface area contributed by atoms with Crippen molar-refractivity contribution in [2.45, 2.75) is 12.3 Å². The summed E-state index contributed by atoms with van der Waals surface area (Å²) in [6, 6.07) is 71.2. The standard InChI is InChI=1S/C57H40N4/c1-5-17-39(18-6-1)41-29-33-43(34-30-41)50-37-47(57-59-55(45-21-9-3-10-22-45)58-56(60-57)46-23-11-4-12-24-46)38-51(44-35-31-42(32-36-44)40-19-7-2-8-20-40)54(50)61-52-27-15-13-25-48(52)49-26-14-16-28-53(49)61/h1-19,21-38,40H,20H2. The van der Waals surface area contributed by atoms with Crippen LogP contribution in [0.15, 0.2) is 224 Å². The van der Waals surface area contributed by atoms with Crippen LogP contribution >= 0.6 is 0 Å². The predicted octanol–water partition coefficient (Wildman–Crippen LogP) is 14.6. The van der Waals surface area contributed by atoms with Crippen molar-refractivity contribution in [1.82, 2.24) is 19.5 Å². The third-order valence-electron chi connectivity index (χ3n) is 11.8. The summed E-state index contributed by atoms with van der Waals surface area (Å²) in [4.78, 5) is 15.5. The molecule has 2 aromatic heterocycles. The van der Waals surface area contributed by atoms with Gasteiger partial charge in [0.1, 0.15) is 0 Å². The number of hydrogen-bond donors (Lipinski definition) is 0. The Kier molecular flexibility index (Phi) is 9.29. The molecule has 1 aliphatic carbocycles. The van der Waals surface area contributed by atoms with Crippen molar-refractivity contribution in [3.63, 3.8) is 0 Å². The third-order valence-corrected chi connectivity index (χ3v) is 11.8. The molecule has 288 valence electrons. The Bertz CT molecular complexity index is 3130. The molecule has 4 heteroatoms. The highest BCUT2D eigenvalue weighted by Crippen LogP contribution is 2.44. The fourth-order valence-electron chi connectivity index (χ4n) is 8.76. The largest absolute Gasteiger partial charge is 0.308 e. The van der Waals surface area contributed by atoms with E-state index in [1.807, 2.05) is 36.4 Å². The van der Waals surface area contributed by atoms with Crippen LogP contribution in [0.3, 0.4) is 0 Å². The van der Waals surface area contributed by atoms with E-state index in [1.165, 1.54) is 27.5 Å². The Hall–Kier alpha value is -7.95. The van der Waals surface area contributed by atoms with Crippen LogP contribution in [0, 0.1) is 0 Å². The fraction of sp³-hybridized carbons (Fsp3) is 0.0351. The van der Waals surface area contributed by atoms with Crippen molar-refractivity contribution in [2.24, 2.45) is 0 Å². The van der Waals surface area contributed by atoms with Gasteiger partial charge in [-0.1, -0.05) is 200 Å². The Balaban J connectivity index is 1.22. The minimum atomic E-state index is 0.346. The van der Waals surface area contributed by atoms with E-state index in [4.69, 9.17) is 15.0 Å². The molecule has 8 aromatic carbocycles. The highest BCUT2D eigenvalue weighted by Gasteiger charge is 2.23. The molecule has 61 heavy (non-hydrogen) atoms. The molecule has 0 bridgehead atoms. The van der Waals surface area contributed by atoms with Gasteiger partial charge in [0.2, 0.25) is 0 Å². The van der Waals surface area contributed by atoms with Gasteiger partial charge in [-0.25, -0.2) is 15.0 Å². The van der Waals surface area contributed by atoms with E-state index in [0.29, 0.717) is 23.4 Å². The molecule has 1 aliphatic rings. The fourth-order valence-corrected chi connectivity index (χ4v) is 8.76. The van der Waals surface area contributed by atoms with Crippen molar-refractivity contribution in [1.29, 1.82) is 0 Å². The van der Waals surface area contributed by atoms with Crippen LogP contribution in [-0.2, 0) is 0 Å². The molecule has 11 rings (SSSR count). The summed E-state index contributed by atoms with van der Waals surface area (Å²) in [6.45, 7) is 0. The van der Waals surface area contributed by atoms with Crippen LogP contribution in [0.2, 0.25) is 0 Å². The summed E-state index contributed by atoms with van der Waals surface area (Å²) >= 11 is 0. The lowest BCUT2D eigenvalue weighted by molar-refractivity contribution is 0.854. The SMILES string of the molecule is C1=CCC(c2ccc(-c3cc(-c4nc(-c5ccccc5)nc(-c5ccccc5)n4)cc(-c4ccc(-c5ccccc5)cc4)c3-n3c4ccccc4c4ccccc43)cc2)C=C1. The highest BCUT2D eigenvalue weighted by atomic mass is 15.0. The van der Waals surface area contributed by atoms with E-state index in [2.05, 4.69) is 193 Å². The zero-order chi connectivity index (χ0) is 40.5. The first-order valence-corrected chi connectivity index (χ1v) is 20.9. The molecule has 4 nitrogen and oxygen atoms in total. The second kappa shape index (κ2) is 15.7. The topological polar surface area (TPSA) is 43.6 Å². The number of benzene rings is 8. The zero-order valence-electron chi connectivity index (χ0n) is 33.4. The quantitative estimate of drug-likeness (QED) is 0.154. The van der Waals surface area contributed by atoms with E-state index in [1.54, 1.807) is 0 Å². The molecule has 1 atom stereocenters. The number of nitrogens with zero attached hydrogens (tertiary/aromatic N) is 4.